The fourth-order valence-electron chi connectivity index (χ4n) is 8.05. The first-order valence-electron chi connectivity index (χ1n) is 16.7. The van der Waals surface area contributed by atoms with Crippen molar-refractivity contribution < 1.29 is 24.2 Å². The Kier molecular flexibility index (Phi) is 10.2. The zero-order valence-corrected chi connectivity index (χ0v) is 27.6. The Balaban J connectivity index is 1.55. The maximum atomic E-state index is 14.9. The Morgan fingerprint density at radius 2 is 1.72 bits per heavy atom. The predicted molar refractivity (Wildman–Crippen MR) is 180 cm³/mol. The minimum atomic E-state index is -1.11. The van der Waals surface area contributed by atoms with Gasteiger partial charge in [-0.05, 0) is 69.2 Å². The van der Waals surface area contributed by atoms with Gasteiger partial charge in [-0.15, -0.1) is 13.2 Å². The van der Waals surface area contributed by atoms with Crippen molar-refractivity contribution in [1.29, 1.82) is 0 Å². The van der Waals surface area contributed by atoms with Gasteiger partial charge in [0, 0.05) is 38.5 Å². The van der Waals surface area contributed by atoms with E-state index in [1.165, 1.54) is 0 Å². The summed E-state index contributed by atoms with van der Waals surface area (Å²) in [5.41, 5.74) is 1.77. The van der Waals surface area contributed by atoms with Crippen LogP contribution in [-0.2, 0) is 25.7 Å². The van der Waals surface area contributed by atoms with Crippen LogP contribution < -0.4 is 4.90 Å². The average Bonchev–Trinajstić information content (AvgIpc) is 3.61. The zero-order chi connectivity index (χ0) is 33.1. The molecule has 5 rings (SSSR count). The Hall–Kier alpha value is -3.75. The number of aryl methyl sites for hydroxylation is 2. The first-order chi connectivity index (χ1) is 22.1. The van der Waals surface area contributed by atoms with E-state index in [0.29, 0.717) is 45.3 Å². The molecule has 8 nitrogen and oxygen atoms in total. The summed E-state index contributed by atoms with van der Waals surface area (Å²) in [6, 6.07) is 15.0. The van der Waals surface area contributed by atoms with Gasteiger partial charge in [-0.1, -0.05) is 67.5 Å². The summed E-state index contributed by atoms with van der Waals surface area (Å²) in [5, 5.41) is 9.28. The number of carbonyl (C=O) groups is 3. The van der Waals surface area contributed by atoms with E-state index in [2.05, 4.69) is 13.2 Å². The summed E-state index contributed by atoms with van der Waals surface area (Å²) in [6.45, 7) is 15.3. The number of hydrogen-bond acceptors (Lipinski definition) is 5. The molecule has 1 spiro atoms. The molecule has 3 heterocycles. The molecule has 0 saturated carbocycles. The molecule has 0 aromatic heterocycles. The normalized spacial score (nSPS) is 26.2. The number of anilines is 1. The third-order valence-corrected chi connectivity index (χ3v) is 10.2. The predicted octanol–water partition coefficient (Wildman–Crippen LogP) is 5.35. The van der Waals surface area contributed by atoms with E-state index >= 15 is 0 Å². The Morgan fingerprint density at radius 1 is 1.00 bits per heavy atom. The number of aliphatic hydroxyl groups is 1. The quantitative estimate of drug-likeness (QED) is 0.212. The van der Waals surface area contributed by atoms with Crippen molar-refractivity contribution in [2.45, 2.75) is 83.1 Å². The summed E-state index contributed by atoms with van der Waals surface area (Å²) in [7, 11) is 0. The molecule has 3 fully saturated rings. The molecule has 0 radical (unpaired) electrons. The molecule has 0 aliphatic carbocycles. The van der Waals surface area contributed by atoms with Gasteiger partial charge in [0.2, 0.25) is 11.8 Å². The SMILES string of the molecule is C=CCN(Cc1ccccc1)C(=O)[C@H]1[C@H]2C(=O)N(CCCCCCO)C(C(=O)N(CC=C)c3cc(C)ccc3C)C23CC[C@]1(C)O3. The van der Waals surface area contributed by atoms with E-state index in [1.807, 2.05) is 69.3 Å². The molecule has 5 atom stereocenters. The van der Waals surface area contributed by atoms with Crippen LogP contribution in [0.3, 0.4) is 0 Å². The van der Waals surface area contributed by atoms with Crippen LogP contribution in [0.4, 0.5) is 5.69 Å². The van der Waals surface area contributed by atoms with Crippen LogP contribution in [0.5, 0.6) is 0 Å². The third-order valence-electron chi connectivity index (χ3n) is 10.2. The third kappa shape index (κ3) is 6.05. The second kappa shape index (κ2) is 13.9. The summed E-state index contributed by atoms with van der Waals surface area (Å²) in [4.78, 5) is 49.4. The van der Waals surface area contributed by atoms with Crippen molar-refractivity contribution in [2.75, 3.05) is 31.1 Å². The van der Waals surface area contributed by atoms with Crippen LogP contribution in [0.15, 0.2) is 73.8 Å². The molecular weight excluding hydrogens is 578 g/mol. The Labute approximate surface area is 273 Å². The van der Waals surface area contributed by atoms with Gasteiger partial charge in [0.1, 0.15) is 11.6 Å². The molecule has 2 bridgehead atoms. The molecule has 1 N–H and O–H groups in total. The first kappa shape index (κ1) is 33.6. The Morgan fingerprint density at radius 3 is 2.41 bits per heavy atom. The van der Waals surface area contributed by atoms with Gasteiger partial charge in [-0.25, -0.2) is 0 Å². The van der Waals surface area contributed by atoms with Gasteiger partial charge in [0.15, 0.2) is 0 Å². The number of likely N-dealkylation sites (tertiary alicyclic amines) is 1. The number of benzene rings is 2. The minimum absolute atomic E-state index is 0.127. The summed E-state index contributed by atoms with van der Waals surface area (Å²) >= 11 is 0. The van der Waals surface area contributed by atoms with Crippen LogP contribution >= 0.6 is 0 Å². The number of unbranched alkanes of at least 4 members (excludes halogenated alkanes) is 3. The number of carbonyl (C=O) groups excluding carboxylic acids is 3. The van der Waals surface area contributed by atoms with Gasteiger partial charge < -0.3 is 24.5 Å². The monoisotopic (exact) mass is 627 g/mol. The van der Waals surface area contributed by atoms with Gasteiger partial charge >= 0.3 is 0 Å². The van der Waals surface area contributed by atoms with Crippen molar-refractivity contribution in [1.82, 2.24) is 9.80 Å². The standard InChI is InChI=1S/C38H49N3O5/c1-6-21-39(26-29-15-11-10-12-16-29)34(43)31-32-35(44)41(23-13-8-9-14-24-42)33(38(32)20-19-37(31,5)46-38)36(45)40(22-7-2)30-25-27(3)17-18-28(30)4/h6-7,10-12,15-18,25,31-33,42H,1-2,8-9,13-14,19-24,26H2,3-5H3/t31-,32+,33?,37+,38?/m1/s1. The number of ether oxygens (including phenoxy) is 1. The van der Waals surface area contributed by atoms with Crippen LogP contribution in [0.2, 0.25) is 0 Å². The summed E-state index contributed by atoms with van der Waals surface area (Å²) in [5.74, 6) is -2.01. The topological polar surface area (TPSA) is 90.4 Å². The summed E-state index contributed by atoms with van der Waals surface area (Å²) < 4.78 is 6.94. The largest absolute Gasteiger partial charge is 0.396 e. The molecule has 46 heavy (non-hydrogen) atoms. The highest BCUT2D eigenvalue weighted by atomic mass is 16.5. The maximum Gasteiger partial charge on any atom is 0.253 e. The fraction of sp³-hybridized carbons (Fsp3) is 0.500. The van der Waals surface area contributed by atoms with E-state index in [0.717, 1.165) is 35.2 Å². The molecule has 3 aliphatic heterocycles. The second-order valence-electron chi connectivity index (χ2n) is 13.4. The minimum Gasteiger partial charge on any atom is -0.396 e. The molecular formula is C38H49N3O5. The highest BCUT2D eigenvalue weighted by Gasteiger charge is 2.78. The van der Waals surface area contributed by atoms with Crippen molar-refractivity contribution in [3.8, 4) is 0 Å². The number of hydrogen-bond donors (Lipinski definition) is 1. The molecule has 246 valence electrons. The van der Waals surface area contributed by atoms with Crippen LogP contribution in [0.25, 0.3) is 0 Å². The van der Waals surface area contributed by atoms with Gasteiger partial charge in [-0.3, -0.25) is 14.4 Å². The van der Waals surface area contributed by atoms with E-state index in [1.54, 1.807) is 26.9 Å². The van der Waals surface area contributed by atoms with E-state index in [-0.39, 0.29) is 30.9 Å². The molecule has 8 heteroatoms. The van der Waals surface area contributed by atoms with Crippen LogP contribution in [0, 0.1) is 25.7 Å². The maximum absolute atomic E-state index is 14.9. The number of nitrogens with zero attached hydrogens (tertiary/aromatic N) is 3. The van der Waals surface area contributed by atoms with Crippen LogP contribution in [0.1, 0.15) is 62.1 Å². The Bertz CT molecular complexity index is 1460. The first-order valence-corrected chi connectivity index (χ1v) is 16.7. The smallest absolute Gasteiger partial charge is 0.253 e. The van der Waals surface area contributed by atoms with Crippen LogP contribution in [-0.4, -0.2) is 76.1 Å². The molecule has 2 unspecified atom stereocenters. The number of amides is 3. The second-order valence-corrected chi connectivity index (χ2v) is 13.4. The molecule has 2 aromatic carbocycles. The average molecular weight is 628 g/mol. The van der Waals surface area contributed by atoms with Crippen molar-refractivity contribution in [3.63, 3.8) is 0 Å². The number of rotatable bonds is 15. The fourth-order valence-corrected chi connectivity index (χ4v) is 8.05. The molecule has 3 saturated heterocycles. The van der Waals surface area contributed by atoms with E-state index in [4.69, 9.17) is 4.74 Å². The van der Waals surface area contributed by atoms with Gasteiger partial charge in [-0.2, -0.15) is 0 Å². The number of aliphatic hydroxyl groups excluding tert-OH is 1. The summed E-state index contributed by atoms with van der Waals surface area (Å²) in [6.07, 6.45) is 7.57. The molecule has 3 amide bonds. The van der Waals surface area contributed by atoms with E-state index in [9.17, 15) is 19.5 Å². The van der Waals surface area contributed by atoms with Crippen molar-refractivity contribution in [2.24, 2.45) is 11.8 Å². The molecule has 2 aromatic rings. The zero-order valence-electron chi connectivity index (χ0n) is 27.6. The lowest BCUT2D eigenvalue weighted by atomic mass is 9.66. The highest BCUT2D eigenvalue weighted by Crippen LogP contribution is 2.63. The molecule has 3 aliphatic rings. The van der Waals surface area contributed by atoms with E-state index < -0.39 is 29.1 Å². The lowest BCUT2D eigenvalue weighted by Gasteiger charge is -2.37. The highest BCUT2D eigenvalue weighted by molar-refractivity contribution is 6.05. The van der Waals surface area contributed by atoms with Gasteiger partial charge in [0.05, 0.1) is 17.4 Å². The van der Waals surface area contributed by atoms with Crippen molar-refractivity contribution >= 4 is 23.4 Å². The number of fused-ring (bicyclic) bond motifs is 1. The van der Waals surface area contributed by atoms with Crippen molar-refractivity contribution in [3.05, 3.63) is 90.5 Å². The van der Waals surface area contributed by atoms with Gasteiger partial charge in [0.25, 0.3) is 5.91 Å². The lowest BCUT2D eigenvalue weighted by Crippen LogP contribution is -2.56. The lowest BCUT2D eigenvalue weighted by molar-refractivity contribution is -0.150.